The second-order valence-electron chi connectivity index (χ2n) is 4.70. The first-order valence-electron chi connectivity index (χ1n) is 6.74. The van der Waals surface area contributed by atoms with Crippen molar-refractivity contribution in [3.05, 3.63) is 0 Å². The third-order valence-electron chi connectivity index (χ3n) is 3.25. The lowest BCUT2D eigenvalue weighted by molar-refractivity contribution is -0.135. The van der Waals surface area contributed by atoms with E-state index in [-0.39, 0.29) is 17.7 Å². The average molecular weight is 240 g/mol. The third-order valence-corrected chi connectivity index (χ3v) is 3.25. The maximum Gasteiger partial charge on any atom is 0.225 e. The van der Waals surface area contributed by atoms with Crippen molar-refractivity contribution in [3.63, 3.8) is 0 Å². The molecule has 0 radical (unpaired) electrons. The second kappa shape index (κ2) is 7.30. The molecule has 4 nitrogen and oxygen atoms in total. The summed E-state index contributed by atoms with van der Waals surface area (Å²) < 4.78 is 0. The highest BCUT2D eigenvalue weighted by Crippen LogP contribution is 2.17. The van der Waals surface area contributed by atoms with Crippen molar-refractivity contribution < 1.29 is 9.59 Å². The molecule has 0 aromatic carbocycles. The van der Waals surface area contributed by atoms with Crippen molar-refractivity contribution in [1.82, 2.24) is 10.2 Å². The highest BCUT2D eigenvalue weighted by Gasteiger charge is 2.24. The van der Waals surface area contributed by atoms with Crippen LogP contribution < -0.4 is 5.32 Å². The van der Waals surface area contributed by atoms with Gasteiger partial charge < -0.3 is 10.2 Å². The average Bonchev–Trinajstić information content (AvgIpc) is 2.53. The maximum absolute atomic E-state index is 12.3. The Labute approximate surface area is 104 Å². The van der Waals surface area contributed by atoms with Crippen molar-refractivity contribution in [2.24, 2.45) is 5.92 Å². The van der Waals surface area contributed by atoms with Crippen LogP contribution in [0.2, 0.25) is 0 Å². The number of nitrogens with one attached hydrogen (secondary N) is 1. The second-order valence-corrected chi connectivity index (χ2v) is 4.70. The van der Waals surface area contributed by atoms with Crippen LogP contribution in [0, 0.1) is 5.92 Å². The largest absolute Gasteiger partial charge is 0.354 e. The zero-order chi connectivity index (χ0) is 12.7. The first-order chi connectivity index (χ1) is 8.19. The van der Waals surface area contributed by atoms with Gasteiger partial charge in [-0.15, -0.1) is 0 Å². The van der Waals surface area contributed by atoms with Crippen molar-refractivity contribution in [2.75, 3.05) is 19.6 Å². The quantitative estimate of drug-likeness (QED) is 0.792. The maximum atomic E-state index is 12.3. The molecular formula is C13H24N2O2. The molecule has 17 heavy (non-hydrogen) atoms. The van der Waals surface area contributed by atoms with Crippen LogP contribution in [0.3, 0.4) is 0 Å². The number of carbonyl (C=O) groups is 2. The predicted octanol–water partition coefficient (Wildman–Crippen LogP) is 1.55. The summed E-state index contributed by atoms with van der Waals surface area (Å²) in [6.45, 7) is 6.06. The molecule has 0 atom stereocenters. The van der Waals surface area contributed by atoms with Crippen LogP contribution in [0.15, 0.2) is 0 Å². The van der Waals surface area contributed by atoms with Crippen LogP contribution in [0.5, 0.6) is 0 Å². The van der Waals surface area contributed by atoms with Gasteiger partial charge in [0.1, 0.15) is 0 Å². The van der Waals surface area contributed by atoms with E-state index in [0.29, 0.717) is 26.1 Å². The van der Waals surface area contributed by atoms with E-state index in [1.54, 1.807) is 0 Å². The topological polar surface area (TPSA) is 49.4 Å². The minimum absolute atomic E-state index is 0.0582. The molecule has 2 amide bonds. The Kier molecular flexibility index (Phi) is 6.01. The summed E-state index contributed by atoms with van der Waals surface area (Å²) >= 11 is 0. The van der Waals surface area contributed by atoms with Crippen LogP contribution in [0.1, 0.15) is 46.0 Å². The number of amides is 2. The van der Waals surface area contributed by atoms with Gasteiger partial charge in [-0.1, -0.05) is 26.7 Å². The van der Waals surface area contributed by atoms with Crippen molar-refractivity contribution in [1.29, 1.82) is 0 Å². The molecule has 98 valence electrons. The first-order valence-corrected chi connectivity index (χ1v) is 6.74. The zero-order valence-electron chi connectivity index (χ0n) is 11.0. The van der Waals surface area contributed by atoms with Gasteiger partial charge in [0, 0.05) is 32.0 Å². The smallest absolute Gasteiger partial charge is 0.225 e. The van der Waals surface area contributed by atoms with Crippen LogP contribution in [-0.2, 0) is 9.59 Å². The van der Waals surface area contributed by atoms with Gasteiger partial charge >= 0.3 is 0 Å². The number of hydrogen-bond donors (Lipinski definition) is 1. The lowest BCUT2D eigenvalue weighted by Crippen LogP contribution is -2.38. The van der Waals surface area contributed by atoms with E-state index in [4.69, 9.17) is 0 Å². The molecule has 0 aromatic rings. The van der Waals surface area contributed by atoms with E-state index in [0.717, 1.165) is 25.7 Å². The molecule has 1 rings (SSSR count). The highest BCUT2D eigenvalue weighted by atomic mass is 16.2. The van der Waals surface area contributed by atoms with Gasteiger partial charge in [-0.05, 0) is 12.8 Å². The third kappa shape index (κ3) is 4.36. The molecule has 0 aromatic heterocycles. The monoisotopic (exact) mass is 240 g/mol. The van der Waals surface area contributed by atoms with E-state index in [1.807, 2.05) is 4.90 Å². The van der Waals surface area contributed by atoms with E-state index >= 15 is 0 Å². The number of rotatable bonds is 5. The molecular weight excluding hydrogens is 216 g/mol. The Hall–Kier alpha value is -1.06. The lowest BCUT2D eigenvalue weighted by atomic mass is 9.96. The van der Waals surface area contributed by atoms with Gasteiger partial charge in [0.2, 0.25) is 11.8 Å². The Morgan fingerprint density at radius 1 is 1.29 bits per heavy atom. The Morgan fingerprint density at radius 2 is 1.94 bits per heavy atom. The van der Waals surface area contributed by atoms with Crippen molar-refractivity contribution in [2.45, 2.75) is 46.0 Å². The molecule has 1 heterocycles. The Balaban J connectivity index is 2.55. The van der Waals surface area contributed by atoms with Crippen LogP contribution in [-0.4, -0.2) is 36.3 Å². The summed E-state index contributed by atoms with van der Waals surface area (Å²) in [5.41, 5.74) is 0. The molecule has 0 spiro atoms. The Bertz CT molecular complexity index is 260. The molecule has 1 N–H and O–H groups in total. The van der Waals surface area contributed by atoms with Crippen LogP contribution in [0.25, 0.3) is 0 Å². The van der Waals surface area contributed by atoms with E-state index in [1.165, 1.54) is 0 Å². The van der Waals surface area contributed by atoms with Crippen molar-refractivity contribution in [3.8, 4) is 0 Å². The standard InChI is InChI=1S/C13H24N2O2/c1-3-5-11(6-4-2)13(17)15-9-7-12(16)14-8-10-15/h11H,3-10H2,1-2H3,(H,14,16). The summed E-state index contributed by atoms with van der Waals surface area (Å²) in [7, 11) is 0. The van der Waals surface area contributed by atoms with E-state index in [2.05, 4.69) is 19.2 Å². The Morgan fingerprint density at radius 3 is 2.53 bits per heavy atom. The van der Waals surface area contributed by atoms with Gasteiger partial charge in [0.05, 0.1) is 0 Å². The molecule has 0 unspecified atom stereocenters. The van der Waals surface area contributed by atoms with Gasteiger partial charge in [-0.3, -0.25) is 9.59 Å². The highest BCUT2D eigenvalue weighted by molar-refractivity contribution is 5.81. The summed E-state index contributed by atoms with van der Waals surface area (Å²) in [5, 5.41) is 2.80. The lowest BCUT2D eigenvalue weighted by Gasteiger charge is -2.25. The molecule has 4 heteroatoms. The number of hydrogen-bond acceptors (Lipinski definition) is 2. The van der Waals surface area contributed by atoms with Crippen molar-refractivity contribution >= 4 is 11.8 Å². The fourth-order valence-corrected chi connectivity index (χ4v) is 2.33. The molecule has 0 bridgehead atoms. The first kappa shape index (κ1) is 14.0. The normalized spacial score (nSPS) is 16.9. The number of nitrogens with zero attached hydrogens (tertiary/aromatic N) is 1. The van der Waals surface area contributed by atoms with Gasteiger partial charge in [0.15, 0.2) is 0 Å². The molecule has 1 saturated heterocycles. The molecule has 0 saturated carbocycles. The summed E-state index contributed by atoms with van der Waals surface area (Å²) in [4.78, 5) is 25.4. The molecule has 1 aliphatic rings. The van der Waals surface area contributed by atoms with Crippen LogP contribution >= 0.6 is 0 Å². The summed E-state index contributed by atoms with van der Waals surface area (Å²) in [6, 6.07) is 0. The molecule has 0 aliphatic carbocycles. The van der Waals surface area contributed by atoms with E-state index < -0.39 is 0 Å². The number of carbonyl (C=O) groups excluding carboxylic acids is 2. The van der Waals surface area contributed by atoms with Gasteiger partial charge in [-0.25, -0.2) is 0 Å². The van der Waals surface area contributed by atoms with E-state index in [9.17, 15) is 9.59 Å². The molecule has 1 fully saturated rings. The fourth-order valence-electron chi connectivity index (χ4n) is 2.33. The summed E-state index contributed by atoms with van der Waals surface area (Å²) in [6.07, 6.45) is 4.45. The van der Waals surface area contributed by atoms with Crippen LogP contribution in [0.4, 0.5) is 0 Å². The van der Waals surface area contributed by atoms with Gasteiger partial charge in [0.25, 0.3) is 0 Å². The SMILES string of the molecule is CCCC(CCC)C(=O)N1CCNC(=O)CC1. The predicted molar refractivity (Wildman–Crippen MR) is 67.5 cm³/mol. The minimum Gasteiger partial charge on any atom is -0.354 e. The minimum atomic E-state index is 0.0582. The fraction of sp³-hybridized carbons (Fsp3) is 0.846. The molecule has 1 aliphatic heterocycles. The zero-order valence-corrected chi connectivity index (χ0v) is 11.0. The van der Waals surface area contributed by atoms with Gasteiger partial charge in [-0.2, -0.15) is 0 Å². The summed E-state index contributed by atoms with van der Waals surface area (Å²) in [5.74, 6) is 0.450.